The van der Waals surface area contributed by atoms with Gasteiger partial charge in [-0.2, -0.15) is 0 Å². The van der Waals surface area contributed by atoms with Gasteiger partial charge in [-0.25, -0.2) is 0 Å². The third-order valence-corrected chi connectivity index (χ3v) is 4.64. The molecule has 2 aromatic carbocycles. The number of hydrogen-bond acceptors (Lipinski definition) is 1. The number of rotatable bonds is 4. The molecule has 0 spiro atoms. The highest BCUT2D eigenvalue weighted by molar-refractivity contribution is 7.85. The van der Waals surface area contributed by atoms with Crippen LogP contribution in [0, 0.1) is 0 Å². The van der Waals surface area contributed by atoms with Crippen LogP contribution < -0.4 is 0 Å². The Kier molecular flexibility index (Phi) is 4.35. The monoisotopic (exact) mass is 264 g/mol. The number of hydrogen-bond donors (Lipinski definition) is 0. The SMILES string of the molecule is O=S(Cc1ccccc1)[C@@H](Cl)c1ccccc1. The Labute approximate surface area is 109 Å². The zero-order valence-corrected chi connectivity index (χ0v) is 10.8. The molecule has 0 fully saturated rings. The third-order valence-electron chi connectivity index (χ3n) is 2.44. The van der Waals surface area contributed by atoms with Crippen molar-refractivity contribution in [3.63, 3.8) is 0 Å². The summed E-state index contributed by atoms with van der Waals surface area (Å²) in [4.78, 5) is 0. The van der Waals surface area contributed by atoms with Crippen molar-refractivity contribution < 1.29 is 4.21 Å². The molecule has 0 bridgehead atoms. The summed E-state index contributed by atoms with van der Waals surface area (Å²) in [6, 6.07) is 19.3. The van der Waals surface area contributed by atoms with E-state index in [1.54, 1.807) is 0 Å². The summed E-state index contributed by atoms with van der Waals surface area (Å²) >= 11 is 6.21. The smallest absolute Gasteiger partial charge is 0.134 e. The van der Waals surface area contributed by atoms with Gasteiger partial charge in [-0.15, -0.1) is 11.6 Å². The Morgan fingerprint density at radius 3 is 2.06 bits per heavy atom. The average molecular weight is 265 g/mol. The van der Waals surface area contributed by atoms with Crippen molar-refractivity contribution >= 4 is 22.4 Å². The lowest BCUT2D eigenvalue weighted by atomic mass is 10.2. The van der Waals surface area contributed by atoms with Crippen LogP contribution in [0.25, 0.3) is 0 Å². The second-order valence-corrected chi connectivity index (χ2v) is 5.95. The normalized spacial score (nSPS) is 14.2. The molecule has 0 saturated heterocycles. The number of alkyl halides is 1. The van der Waals surface area contributed by atoms with Crippen LogP contribution in [-0.2, 0) is 16.6 Å². The Bertz CT molecular complexity index is 484. The second kappa shape index (κ2) is 5.99. The van der Waals surface area contributed by atoms with Crippen LogP contribution in [0.4, 0.5) is 0 Å². The standard InChI is InChI=1S/C14H13ClOS/c15-14(13-9-5-2-6-10-13)17(16)11-12-7-3-1-4-8-12/h1-10,14H,11H2/t14-,17?/m1/s1. The van der Waals surface area contributed by atoms with Gasteiger partial charge in [0.15, 0.2) is 0 Å². The van der Waals surface area contributed by atoms with E-state index < -0.39 is 15.5 Å². The Morgan fingerprint density at radius 2 is 1.47 bits per heavy atom. The second-order valence-electron chi connectivity index (χ2n) is 3.74. The van der Waals surface area contributed by atoms with Gasteiger partial charge in [0.25, 0.3) is 0 Å². The van der Waals surface area contributed by atoms with E-state index in [4.69, 9.17) is 11.6 Å². The summed E-state index contributed by atoms with van der Waals surface area (Å²) in [7, 11) is -1.10. The summed E-state index contributed by atoms with van der Waals surface area (Å²) in [6.07, 6.45) is 0. The van der Waals surface area contributed by atoms with Crippen LogP contribution in [0.2, 0.25) is 0 Å². The zero-order chi connectivity index (χ0) is 12.1. The van der Waals surface area contributed by atoms with Gasteiger partial charge >= 0.3 is 0 Å². The van der Waals surface area contributed by atoms with Gasteiger partial charge < -0.3 is 0 Å². The molecule has 2 atom stereocenters. The molecule has 2 rings (SSSR count). The van der Waals surface area contributed by atoms with Crippen LogP contribution in [0.15, 0.2) is 60.7 Å². The van der Waals surface area contributed by atoms with Crippen LogP contribution in [0.1, 0.15) is 15.8 Å². The van der Waals surface area contributed by atoms with Crippen LogP contribution >= 0.6 is 11.6 Å². The molecule has 1 nitrogen and oxygen atoms in total. The largest absolute Gasteiger partial charge is 0.257 e. The molecule has 1 unspecified atom stereocenters. The van der Waals surface area contributed by atoms with Crippen molar-refractivity contribution in [2.24, 2.45) is 0 Å². The van der Waals surface area contributed by atoms with E-state index in [1.165, 1.54) is 0 Å². The van der Waals surface area contributed by atoms with E-state index in [1.807, 2.05) is 60.7 Å². The first kappa shape index (κ1) is 12.3. The van der Waals surface area contributed by atoms with E-state index >= 15 is 0 Å². The average Bonchev–Trinajstić information content (AvgIpc) is 2.40. The fourth-order valence-corrected chi connectivity index (χ4v) is 3.03. The van der Waals surface area contributed by atoms with Gasteiger partial charge in [-0.3, -0.25) is 4.21 Å². The maximum absolute atomic E-state index is 12.1. The maximum Gasteiger partial charge on any atom is 0.134 e. The molecule has 3 heteroatoms. The van der Waals surface area contributed by atoms with Gasteiger partial charge in [0.2, 0.25) is 0 Å². The Hall–Kier alpha value is -1.12. The molecule has 0 aliphatic heterocycles. The Balaban J connectivity index is 2.06. The van der Waals surface area contributed by atoms with Gasteiger partial charge in [0.05, 0.1) is 5.75 Å². The molecule has 0 aromatic heterocycles. The van der Waals surface area contributed by atoms with Gasteiger partial charge in [-0.05, 0) is 11.1 Å². The number of halogens is 1. The molecule has 0 heterocycles. The van der Waals surface area contributed by atoms with E-state index in [9.17, 15) is 4.21 Å². The minimum Gasteiger partial charge on any atom is -0.257 e. The lowest BCUT2D eigenvalue weighted by Gasteiger charge is -2.09. The van der Waals surface area contributed by atoms with Crippen LogP contribution in [-0.4, -0.2) is 4.21 Å². The van der Waals surface area contributed by atoms with Gasteiger partial charge in [-0.1, -0.05) is 60.7 Å². The van der Waals surface area contributed by atoms with Gasteiger partial charge in [0.1, 0.15) is 4.71 Å². The molecular formula is C14H13ClOS. The Morgan fingerprint density at radius 1 is 0.941 bits per heavy atom. The molecular weight excluding hydrogens is 252 g/mol. The summed E-state index contributed by atoms with van der Waals surface area (Å²) < 4.78 is 11.6. The minimum atomic E-state index is -1.10. The fourth-order valence-electron chi connectivity index (χ4n) is 1.57. The molecule has 17 heavy (non-hydrogen) atoms. The van der Waals surface area contributed by atoms with Crippen molar-refractivity contribution in [2.75, 3.05) is 0 Å². The van der Waals surface area contributed by atoms with Crippen molar-refractivity contribution in [3.05, 3.63) is 71.8 Å². The summed E-state index contributed by atoms with van der Waals surface area (Å²) in [5, 5.41) is 0. The first-order valence-electron chi connectivity index (χ1n) is 5.37. The highest BCUT2D eigenvalue weighted by Gasteiger charge is 2.15. The highest BCUT2D eigenvalue weighted by atomic mass is 35.5. The predicted octanol–water partition coefficient (Wildman–Crippen LogP) is 3.87. The lowest BCUT2D eigenvalue weighted by Crippen LogP contribution is -2.03. The fraction of sp³-hybridized carbons (Fsp3) is 0.143. The predicted molar refractivity (Wildman–Crippen MR) is 73.3 cm³/mol. The third kappa shape index (κ3) is 3.42. The molecule has 0 aliphatic rings. The summed E-state index contributed by atoms with van der Waals surface area (Å²) in [5.74, 6) is 0.490. The molecule has 0 aliphatic carbocycles. The van der Waals surface area contributed by atoms with E-state index in [0.29, 0.717) is 5.75 Å². The first-order chi connectivity index (χ1) is 8.27. The molecule has 88 valence electrons. The highest BCUT2D eigenvalue weighted by Crippen LogP contribution is 2.26. The summed E-state index contributed by atoms with van der Waals surface area (Å²) in [5.41, 5.74) is 1.95. The first-order valence-corrected chi connectivity index (χ1v) is 7.19. The molecule has 0 radical (unpaired) electrons. The molecule has 0 saturated carbocycles. The van der Waals surface area contributed by atoms with Crippen LogP contribution in [0.3, 0.4) is 0 Å². The van der Waals surface area contributed by atoms with Crippen molar-refractivity contribution in [1.82, 2.24) is 0 Å². The van der Waals surface area contributed by atoms with Crippen molar-refractivity contribution in [2.45, 2.75) is 10.5 Å². The lowest BCUT2D eigenvalue weighted by molar-refractivity contribution is 0.681. The quantitative estimate of drug-likeness (QED) is 0.766. The van der Waals surface area contributed by atoms with E-state index in [-0.39, 0.29) is 0 Å². The minimum absolute atomic E-state index is 0.448. The topological polar surface area (TPSA) is 17.1 Å². The molecule has 0 amide bonds. The zero-order valence-electron chi connectivity index (χ0n) is 9.25. The van der Waals surface area contributed by atoms with Crippen LogP contribution in [0.5, 0.6) is 0 Å². The number of benzene rings is 2. The van der Waals surface area contributed by atoms with Gasteiger partial charge in [0, 0.05) is 10.8 Å². The molecule has 2 aromatic rings. The molecule has 0 N–H and O–H groups in total. The summed E-state index contributed by atoms with van der Waals surface area (Å²) in [6.45, 7) is 0. The van der Waals surface area contributed by atoms with Crippen molar-refractivity contribution in [3.8, 4) is 0 Å². The van der Waals surface area contributed by atoms with Crippen molar-refractivity contribution in [1.29, 1.82) is 0 Å². The van der Waals surface area contributed by atoms with E-state index in [2.05, 4.69) is 0 Å². The maximum atomic E-state index is 12.1. The van der Waals surface area contributed by atoms with E-state index in [0.717, 1.165) is 11.1 Å².